The fraction of sp³-hybridized carbons (Fsp3) is 0.375. The smallest absolute Gasteiger partial charge is 0.0673 e. The molecule has 0 fully saturated rings. The third-order valence-electron chi connectivity index (χ3n) is 3.13. The lowest BCUT2D eigenvalue weighted by atomic mass is 10.0. The quantitative estimate of drug-likeness (QED) is 0.859. The molecule has 1 aromatic carbocycles. The van der Waals surface area contributed by atoms with Gasteiger partial charge >= 0.3 is 0 Å². The Morgan fingerprint density at radius 1 is 1.17 bits per heavy atom. The van der Waals surface area contributed by atoms with Crippen molar-refractivity contribution in [2.45, 2.75) is 33.7 Å². The third-order valence-corrected chi connectivity index (χ3v) is 4.34. The largest absolute Gasteiger partial charge is 0.306 e. The van der Waals surface area contributed by atoms with Gasteiger partial charge in [-0.1, -0.05) is 36.8 Å². The Labute approximate surface area is 114 Å². The fourth-order valence-electron chi connectivity index (χ4n) is 2.36. The van der Waals surface area contributed by atoms with Crippen LogP contribution in [-0.2, 0) is 0 Å². The van der Waals surface area contributed by atoms with Gasteiger partial charge in [0.1, 0.15) is 0 Å². The molecule has 0 radical (unpaired) electrons. The molecule has 0 aliphatic rings. The Balaban J connectivity index is 2.42. The van der Waals surface area contributed by atoms with Crippen LogP contribution in [0.2, 0.25) is 0 Å². The van der Waals surface area contributed by atoms with E-state index in [-0.39, 0.29) is 0 Å². The maximum absolute atomic E-state index is 3.61. The second-order valence-electron chi connectivity index (χ2n) is 4.81. The Kier molecular flexibility index (Phi) is 4.20. The van der Waals surface area contributed by atoms with Crippen molar-refractivity contribution in [3.8, 4) is 0 Å². The summed E-state index contributed by atoms with van der Waals surface area (Å²) in [6.07, 6.45) is 0. The summed E-state index contributed by atoms with van der Waals surface area (Å²) < 4.78 is 0. The lowest BCUT2D eigenvalue weighted by Crippen LogP contribution is -2.21. The van der Waals surface area contributed by atoms with Crippen LogP contribution in [-0.4, -0.2) is 6.54 Å². The van der Waals surface area contributed by atoms with Gasteiger partial charge in [0.2, 0.25) is 0 Å². The maximum Gasteiger partial charge on any atom is 0.0673 e. The molecule has 0 saturated carbocycles. The minimum Gasteiger partial charge on any atom is -0.306 e. The number of nitrogens with one attached hydrogen (secondary N) is 1. The molecule has 0 aliphatic heterocycles. The van der Waals surface area contributed by atoms with Gasteiger partial charge in [-0.2, -0.15) is 0 Å². The second kappa shape index (κ2) is 5.68. The molecule has 0 amide bonds. The monoisotopic (exact) mass is 259 g/mol. The average molecular weight is 259 g/mol. The summed E-state index contributed by atoms with van der Waals surface area (Å²) in [7, 11) is 0. The summed E-state index contributed by atoms with van der Waals surface area (Å²) in [6.45, 7) is 9.69. The molecular weight excluding hydrogens is 238 g/mol. The molecule has 0 bridgehead atoms. The van der Waals surface area contributed by atoms with Crippen molar-refractivity contribution in [2.75, 3.05) is 6.54 Å². The summed E-state index contributed by atoms with van der Waals surface area (Å²) in [5, 5.41) is 3.61. The van der Waals surface area contributed by atoms with Crippen LogP contribution >= 0.6 is 11.3 Å². The van der Waals surface area contributed by atoms with Crippen LogP contribution in [0.1, 0.15) is 39.4 Å². The van der Waals surface area contributed by atoms with E-state index >= 15 is 0 Å². The highest BCUT2D eigenvalue weighted by molar-refractivity contribution is 7.12. The van der Waals surface area contributed by atoms with E-state index in [1.54, 1.807) is 0 Å². The number of aryl methyl sites for hydroxylation is 3. The Morgan fingerprint density at radius 3 is 2.50 bits per heavy atom. The number of benzene rings is 1. The second-order valence-corrected chi connectivity index (χ2v) is 6.10. The van der Waals surface area contributed by atoms with Crippen LogP contribution < -0.4 is 5.32 Å². The molecule has 1 atom stereocenters. The molecule has 0 spiro atoms. The summed E-state index contributed by atoms with van der Waals surface area (Å²) in [6, 6.07) is 11.4. The number of hydrogen-bond acceptors (Lipinski definition) is 2. The van der Waals surface area contributed by atoms with Crippen molar-refractivity contribution < 1.29 is 0 Å². The van der Waals surface area contributed by atoms with Gasteiger partial charge in [0.25, 0.3) is 0 Å². The molecule has 2 rings (SSSR count). The average Bonchev–Trinajstić information content (AvgIpc) is 2.65. The highest BCUT2D eigenvalue weighted by atomic mass is 32.1. The van der Waals surface area contributed by atoms with Gasteiger partial charge in [0, 0.05) is 9.75 Å². The normalized spacial score (nSPS) is 12.7. The van der Waals surface area contributed by atoms with Gasteiger partial charge in [-0.3, -0.25) is 0 Å². The van der Waals surface area contributed by atoms with E-state index < -0.39 is 0 Å². The van der Waals surface area contributed by atoms with Crippen LogP contribution in [0.4, 0.5) is 0 Å². The molecule has 0 aliphatic carbocycles. The SMILES string of the molecule is CCNC(c1cccc(C)c1)c1sc(C)cc1C. The van der Waals surface area contributed by atoms with Crippen molar-refractivity contribution >= 4 is 11.3 Å². The topological polar surface area (TPSA) is 12.0 Å². The first-order valence-electron chi connectivity index (χ1n) is 6.48. The lowest BCUT2D eigenvalue weighted by Gasteiger charge is -2.18. The van der Waals surface area contributed by atoms with E-state index in [0.717, 1.165) is 6.54 Å². The van der Waals surface area contributed by atoms with Crippen molar-refractivity contribution in [3.05, 3.63) is 56.8 Å². The number of rotatable bonds is 4. The molecule has 0 saturated heterocycles. The minimum atomic E-state index is 0.327. The molecule has 1 nitrogen and oxygen atoms in total. The van der Waals surface area contributed by atoms with E-state index in [2.05, 4.69) is 63.3 Å². The zero-order valence-electron chi connectivity index (χ0n) is 11.6. The molecule has 2 heteroatoms. The van der Waals surface area contributed by atoms with Gasteiger partial charge < -0.3 is 5.32 Å². The summed E-state index contributed by atoms with van der Waals surface area (Å²) in [5.74, 6) is 0. The first kappa shape index (κ1) is 13.3. The molecule has 96 valence electrons. The van der Waals surface area contributed by atoms with Crippen LogP contribution in [0, 0.1) is 20.8 Å². The molecule has 2 aromatic rings. The molecule has 18 heavy (non-hydrogen) atoms. The van der Waals surface area contributed by atoms with Gasteiger partial charge in [0.05, 0.1) is 6.04 Å². The van der Waals surface area contributed by atoms with Crippen molar-refractivity contribution in [2.24, 2.45) is 0 Å². The van der Waals surface area contributed by atoms with Crippen LogP contribution in [0.5, 0.6) is 0 Å². The van der Waals surface area contributed by atoms with Gasteiger partial charge in [-0.05, 0) is 44.5 Å². The predicted octanol–water partition coefficient (Wildman–Crippen LogP) is 4.37. The predicted molar refractivity (Wildman–Crippen MR) is 80.5 cm³/mol. The third kappa shape index (κ3) is 2.82. The van der Waals surface area contributed by atoms with Crippen LogP contribution in [0.15, 0.2) is 30.3 Å². The van der Waals surface area contributed by atoms with Crippen LogP contribution in [0.25, 0.3) is 0 Å². The highest BCUT2D eigenvalue weighted by Gasteiger charge is 2.17. The maximum atomic E-state index is 3.61. The van der Waals surface area contributed by atoms with E-state index in [0.29, 0.717) is 6.04 Å². The molecule has 1 unspecified atom stereocenters. The zero-order chi connectivity index (χ0) is 13.1. The molecule has 1 heterocycles. The van der Waals surface area contributed by atoms with E-state index in [9.17, 15) is 0 Å². The number of hydrogen-bond donors (Lipinski definition) is 1. The summed E-state index contributed by atoms with van der Waals surface area (Å²) in [5.41, 5.74) is 4.08. The molecule has 1 aromatic heterocycles. The highest BCUT2D eigenvalue weighted by Crippen LogP contribution is 2.32. The van der Waals surface area contributed by atoms with Crippen molar-refractivity contribution in [1.29, 1.82) is 0 Å². The van der Waals surface area contributed by atoms with E-state index in [1.807, 2.05) is 11.3 Å². The van der Waals surface area contributed by atoms with Gasteiger partial charge in [0.15, 0.2) is 0 Å². The van der Waals surface area contributed by atoms with E-state index in [4.69, 9.17) is 0 Å². The molecule has 1 N–H and O–H groups in total. The van der Waals surface area contributed by atoms with E-state index in [1.165, 1.54) is 26.4 Å². The van der Waals surface area contributed by atoms with Gasteiger partial charge in [-0.15, -0.1) is 11.3 Å². The first-order valence-corrected chi connectivity index (χ1v) is 7.30. The standard InChI is InChI=1S/C16H21NS/c1-5-17-15(14-8-6-7-11(2)9-14)16-12(3)10-13(4)18-16/h6-10,15,17H,5H2,1-4H3. The first-order chi connectivity index (χ1) is 8.61. The summed E-state index contributed by atoms with van der Waals surface area (Å²) in [4.78, 5) is 2.83. The number of thiophene rings is 1. The van der Waals surface area contributed by atoms with Gasteiger partial charge in [-0.25, -0.2) is 0 Å². The minimum absolute atomic E-state index is 0.327. The van der Waals surface area contributed by atoms with Crippen molar-refractivity contribution in [1.82, 2.24) is 5.32 Å². The molecular formula is C16H21NS. The lowest BCUT2D eigenvalue weighted by molar-refractivity contribution is 0.637. The fourth-order valence-corrected chi connectivity index (χ4v) is 3.50. The zero-order valence-corrected chi connectivity index (χ0v) is 12.4. The summed E-state index contributed by atoms with van der Waals surface area (Å²) >= 11 is 1.90. The Bertz CT molecular complexity index is 528. The van der Waals surface area contributed by atoms with Crippen LogP contribution in [0.3, 0.4) is 0 Å². The van der Waals surface area contributed by atoms with Crippen molar-refractivity contribution in [3.63, 3.8) is 0 Å². The Morgan fingerprint density at radius 2 is 1.94 bits per heavy atom. The Hall–Kier alpha value is -1.12.